The third-order valence-electron chi connectivity index (χ3n) is 4.61. The molecule has 2 aromatic carbocycles. The molecule has 7 heteroatoms. The Kier molecular flexibility index (Phi) is 4.43. The van der Waals surface area contributed by atoms with Gasteiger partial charge in [-0.05, 0) is 24.6 Å². The Hall–Kier alpha value is -3.09. The van der Waals surface area contributed by atoms with E-state index in [9.17, 15) is 13.6 Å². The van der Waals surface area contributed by atoms with E-state index in [0.29, 0.717) is 23.8 Å². The molecule has 5 nitrogen and oxygen atoms in total. The van der Waals surface area contributed by atoms with Crippen LogP contribution < -0.4 is 0 Å². The first-order valence-corrected chi connectivity index (χ1v) is 8.61. The number of nitrogens with zero attached hydrogens (tertiary/aromatic N) is 3. The molecule has 4 rings (SSSR count). The molecule has 1 amide bonds. The molecule has 27 heavy (non-hydrogen) atoms. The smallest absolute Gasteiger partial charge is 0.232 e. The summed E-state index contributed by atoms with van der Waals surface area (Å²) in [5, 5.41) is 4.00. The van der Waals surface area contributed by atoms with Crippen molar-refractivity contribution in [2.24, 2.45) is 0 Å². The fraction of sp³-hybridized carbons (Fsp3) is 0.250. The van der Waals surface area contributed by atoms with Crippen molar-refractivity contribution >= 4 is 5.91 Å². The molecule has 1 aromatic heterocycles. The van der Waals surface area contributed by atoms with Crippen molar-refractivity contribution in [2.75, 3.05) is 6.54 Å². The Bertz CT molecular complexity index is 965. The number of carbonyl (C=O) groups excluding carboxylic acids is 1. The van der Waals surface area contributed by atoms with Gasteiger partial charge in [0, 0.05) is 31.1 Å². The second-order valence-corrected chi connectivity index (χ2v) is 6.78. The summed E-state index contributed by atoms with van der Waals surface area (Å²) in [6.07, 6.45) is 0.229. The van der Waals surface area contributed by atoms with Crippen LogP contribution in [-0.4, -0.2) is 27.5 Å². The molecule has 138 valence electrons. The molecule has 0 N–H and O–H groups in total. The maximum absolute atomic E-state index is 13.4. The van der Waals surface area contributed by atoms with Crippen molar-refractivity contribution in [3.8, 4) is 11.4 Å². The van der Waals surface area contributed by atoms with Crippen molar-refractivity contribution in [1.29, 1.82) is 0 Å². The first-order valence-electron chi connectivity index (χ1n) is 8.61. The number of likely N-dealkylation sites (tertiary alicyclic amines) is 1. The number of benzene rings is 2. The predicted octanol–water partition coefficient (Wildman–Crippen LogP) is 3.84. The van der Waals surface area contributed by atoms with E-state index in [1.165, 1.54) is 12.1 Å². The molecule has 1 unspecified atom stereocenters. The first kappa shape index (κ1) is 17.3. The van der Waals surface area contributed by atoms with Gasteiger partial charge in [-0.1, -0.05) is 35.0 Å². The van der Waals surface area contributed by atoms with Crippen LogP contribution in [0, 0.1) is 18.6 Å². The van der Waals surface area contributed by atoms with Crippen LogP contribution in [0.2, 0.25) is 0 Å². The number of halogens is 2. The fourth-order valence-corrected chi connectivity index (χ4v) is 3.23. The summed E-state index contributed by atoms with van der Waals surface area (Å²) in [4.78, 5) is 18.3. The Morgan fingerprint density at radius 3 is 2.56 bits per heavy atom. The second-order valence-electron chi connectivity index (χ2n) is 6.78. The number of aryl methyl sites for hydroxylation is 1. The van der Waals surface area contributed by atoms with Gasteiger partial charge in [-0.3, -0.25) is 4.79 Å². The molecule has 0 aliphatic carbocycles. The van der Waals surface area contributed by atoms with Gasteiger partial charge < -0.3 is 9.42 Å². The monoisotopic (exact) mass is 369 g/mol. The molecule has 0 spiro atoms. The number of aromatic nitrogens is 2. The molecule has 1 fully saturated rings. The normalized spacial score (nSPS) is 16.9. The van der Waals surface area contributed by atoms with Gasteiger partial charge >= 0.3 is 0 Å². The van der Waals surface area contributed by atoms with Gasteiger partial charge in [-0.25, -0.2) is 8.78 Å². The molecule has 1 atom stereocenters. The summed E-state index contributed by atoms with van der Waals surface area (Å²) in [6.45, 7) is 2.50. The summed E-state index contributed by atoms with van der Waals surface area (Å²) < 4.78 is 32.1. The van der Waals surface area contributed by atoms with E-state index in [4.69, 9.17) is 4.52 Å². The molecule has 3 aromatic rings. The zero-order valence-electron chi connectivity index (χ0n) is 14.7. The van der Waals surface area contributed by atoms with E-state index < -0.39 is 11.6 Å². The van der Waals surface area contributed by atoms with E-state index in [0.717, 1.165) is 17.2 Å². The Balaban J connectivity index is 1.48. The van der Waals surface area contributed by atoms with Gasteiger partial charge in [0.2, 0.25) is 17.6 Å². The number of amides is 1. The summed E-state index contributed by atoms with van der Waals surface area (Å²) in [7, 11) is 0. The van der Waals surface area contributed by atoms with Gasteiger partial charge in [0.15, 0.2) is 0 Å². The molecule has 2 heterocycles. The van der Waals surface area contributed by atoms with Crippen LogP contribution in [-0.2, 0) is 11.3 Å². The minimum absolute atomic E-state index is 0.111. The van der Waals surface area contributed by atoms with Crippen LogP contribution in [0.5, 0.6) is 0 Å². The lowest BCUT2D eigenvalue weighted by atomic mass is 10.1. The fourth-order valence-electron chi connectivity index (χ4n) is 3.23. The van der Waals surface area contributed by atoms with E-state index in [1.807, 2.05) is 31.2 Å². The van der Waals surface area contributed by atoms with Gasteiger partial charge in [-0.2, -0.15) is 4.98 Å². The maximum atomic E-state index is 13.4. The highest BCUT2D eigenvalue weighted by atomic mass is 19.1. The highest BCUT2D eigenvalue weighted by molar-refractivity contribution is 5.79. The van der Waals surface area contributed by atoms with E-state index >= 15 is 0 Å². The Morgan fingerprint density at radius 1 is 1.15 bits per heavy atom. The topological polar surface area (TPSA) is 59.2 Å². The highest BCUT2D eigenvalue weighted by Crippen LogP contribution is 2.30. The third kappa shape index (κ3) is 3.72. The van der Waals surface area contributed by atoms with E-state index in [1.54, 1.807) is 4.90 Å². The van der Waals surface area contributed by atoms with Crippen molar-refractivity contribution < 1.29 is 18.1 Å². The van der Waals surface area contributed by atoms with Crippen molar-refractivity contribution in [3.63, 3.8) is 0 Å². The largest absolute Gasteiger partial charge is 0.339 e. The lowest BCUT2D eigenvalue weighted by Crippen LogP contribution is -2.24. The number of hydrogen-bond acceptors (Lipinski definition) is 4. The molecular formula is C20H17F2N3O2. The van der Waals surface area contributed by atoms with Gasteiger partial charge in [0.25, 0.3) is 0 Å². The standard InChI is InChI=1S/C20H17F2N3O2/c1-12-2-4-14(5-3-12)19-23-20(27-24-19)15-8-18(26)25(11-15)10-13-6-16(21)9-17(22)7-13/h2-7,9,15H,8,10-11H2,1H3. The highest BCUT2D eigenvalue weighted by Gasteiger charge is 2.34. The van der Waals surface area contributed by atoms with Gasteiger partial charge in [0.05, 0.1) is 5.92 Å². The van der Waals surface area contributed by atoms with Crippen LogP contribution in [0.3, 0.4) is 0 Å². The van der Waals surface area contributed by atoms with Crippen molar-refractivity contribution in [1.82, 2.24) is 15.0 Å². The lowest BCUT2D eigenvalue weighted by molar-refractivity contribution is -0.128. The average Bonchev–Trinajstić information content (AvgIpc) is 3.22. The van der Waals surface area contributed by atoms with Gasteiger partial charge in [0.1, 0.15) is 11.6 Å². The molecule has 0 bridgehead atoms. The predicted molar refractivity (Wildman–Crippen MR) is 93.6 cm³/mol. The maximum Gasteiger partial charge on any atom is 0.232 e. The van der Waals surface area contributed by atoms with Crippen LogP contribution in [0.1, 0.15) is 29.4 Å². The average molecular weight is 369 g/mol. The number of carbonyl (C=O) groups is 1. The third-order valence-corrected chi connectivity index (χ3v) is 4.61. The Labute approximate surface area is 154 Å². The number of hydrogen-bond donors (Lipinski definition) is 0. The van der Waals surface area contributed by atoms with Crippen LogP contribution in [0.25, 0.3) is 11.4 Å². The van der Waals surface area contributed by atoms with Gasteiger partial charge in [-0.15, -0.1) is 0 Å². The minimum atomic E-state index is -0.659. The lowest BCUT2D eigenvalue weighted by Gasteiger charge is -2.16. The second kappa shape index (κ2) is 6.90. The molecule has 1 saturated heterocycles. The summed E-state index contributed by atoms with van der Waals surface area (Å²) in [6, 6.07) is 11.0. The van der Waals surface area contributed by atoms with Crippen LogP contribution >= 0.6 is 0 Å². The summed E-state index contributed by atoms with van der Waals surface area (Å²) in [5.41, 5.74) is 2.38. The SMILES string of the molecule is Cc1ccc(-c2noc(C3CC(=O)N(Cc4cc(F)cc(F)c4)C3)n2)cc1. The quantitative estimate of drug-likeness (QED) is 0.701. The molecule has 1 aliphatic rings. The zero-order chi connectivity index (χ0) is 19.0. The van der Waals surface area contributed by atoms with Crippen molar-refractivity contribution in [3.05, 3.63) is 71.1 Å². The minimum Gasteiger partial charge on any atom is -0.339 e. The summed E-state index contributed by atoms with van der Waals surface area (Å²) in [5.74, 6) is -0.794. The molecule has 1 aliphatic heterocycles. The Morgan fingerprint density at radius 2 is 1.85 bits per heavy atom. The molecular weight excluding hydrogens is 352 g/mol. The van der Waals surface area contributed by atoms with Crippen LogP contribution in [0.4, 0.5) is 8.78 Å². The zero-order valence-corrected chi connectivity index (χ0v) is 14.7. The molecule has 0 saturated carbocycles. The summed E-state index contributed by atoms with van der Waals surface area (Å²) >= 11 is 0. The first-order chi connectivity index (χ1) is 13.0. The van der Waals surface area contributed by atoms with Crippen molar-refractivity contribution in [2.45, 2.75) is 25.8 Å². The van der Waals surface area contributed by atoms with E-state index in [-0.39, 0.29) is 24.8 Å². The molecule has 0 radical (unpaired) electrons. The number of rotatable bonds is 4. The van der Waals surface area contributed by atoms with E-state index in [2.05, 4.69) is 10.1 Å². The van der Waals surface area contributed by atoms with Crippen LogP contribution in [0.15, 0.2) is 47.0 Å².